The Morgan fingerprint density at radius 3 is 1.50 bits per heavy atom. The van der Waals surface area contributed by atoms with Gasteiger partial charge in [-0.15, -0.1) is 0 Å². The molecule has 0 aromatic heterocycles. The molecule has 6 heteroatoms. The molecule has 0 aromatic rings. The van der Waals surface area contributed by atoms with Gasteiger partial charge >= 0.3 is 0 Å². The van der Waals surface area contributed by atoms with Gasteiger partial charge in [0.25, 0.3) is 0 Å². The number of rotatable bonds is 0. The smallest absolute Gasteiger partial charge is 0.239 e. The molecule has 0 aliphatic rings. The Morgan fingerprint density at radius 1 is 1.50 bits per heavy atom. The molecule has 0 rings (SSSR count). The van der Waals surface area contributed by atoms with Crippen LogP contribution < -0.4 is 0 Å². The van der Waals surface area contributed by atoms with Crippen molar-refractivity contribution in [2.45, 2.75) is 0 Å². The Morgan fingerprint density at radius 2 is 1.50 bits per heavy atom. The molecule has 1 radical (unpaired) electrons. The Bertz CT molecular complexity index is 57.7. The maximum absolute atomic E-state index is 7.87. The first-order valence-electron chi connectivity index (χ1n) is 0.783. The summed E-state index contributed by atoms with van der Waals surface area (Å²) in [5.41, 5.74) is -3.11. The Labute approximate surface area is 56.8 Å². The van der Waals surface area contributed by atoms with Gasteiger partial charge in [0, 0.05) is 17.1 Å². The van der Waals surface area contributed by atoms with E-state index in [-0.39, 0.29) is 17.1 Å². The van der Waals surface area contributed by atoms with Gasteiger partial charge in [0.1, 0.15) is 0 Å². The van der Waals surface area contributed by atoms with Crippen LogP contribution in [0.3, 0.4) is 0 Å². The van der Waals surface area contributed by atoms with E-state index in [0.717, 1.165) is 0 Å². The van der Waals surface area contributed by atoms with Gasteiger partial charge in [-0.05, 0) is 11.8 Å². The van der Waals surface area contributed by atoms with Crippen LogP contribution in [-0.2, 0) is 28.9 Å². The second-order valence-electron chi connectivity index (χ2n) is 0.513. The number of hydrogen-bond donors (Lipinski definition) is 3. The minimum Gasteiger partial charge on any atom is -0.338 e. The van der Waals surface area contributed by atoms with E-state index in [4.69, 9.17) is 9.79 Å². The SMILES string of the molecule is OP(O)(=S)S.[Cu]. The van der Waals surface area contributed by atoms with Gasteiger partial charge < -0.3 is 9.79 Å². The van der Waals surface area contributed by atoms with Crippen LogP contribution in [0, 0.1) is 0 Å². The van der Waals surface area contributed by atoms with Crippen molar-refractivity contribution in [3.8, 4) is 0 Å². The summed E-state index contributed by atoms with van der Waals surface area (Å²) < 4.78 is 0. The van der Waals surface area contributed by atoms with Crippen molar-refractivity contribution in [1.82, 2.24) is 0 Å². The van der Waals surface area contributed by atoms with E-state index in [1.807, 2.05) is 0 Å². The quantitative estimate of drug-likeness (QED) is 0.291. The third-order valence-electron chi connectivity index (χ3n) is 0. The predicted octanol–water partition coefficient (Wildman–Crippen LogP) is 0.123. The molecule has 0 heterocycles. The van der Waals surface area contributed by atoms with Gasteiger partial charge in [-0.25, -0.2) is 0 Å². The zero-order valence-electron chi connectivity index (χ0n) is 2.50. The van der Waals surface area contributed by atoms with Crippen molar-refractivity contribution in [2.75, 3.05) is 0 Å². The molecule has 2 N–H and O–H groups in total. The number of thiol groups is 1. The fraction of sp³-hybridized carbons (Fsp3) is 0. The third kappa shape index (κ3) is 51.7. The molecular weight excluding hydrogens is 191 g/mol. The summed E-state index contributed by atoms with van der Waals surface area (Å²) in [7, 11) is 0. The third-order valence-corrected chi connectivity index (χ3v) is 0. The minimum atomic E-state index is -3.11. The van der Waals surface area contributed by atoms with E-state index >= 15 is 0 Å². The predicted molar refractivity (Wildman–Crippen MR) is 27.7 cm³/mol. The molecule has 0 fully saturated rings. The van der Waals surface area contributed by atoms with E-state index in [0.29, 0.717) is 0 Å². The molecule has 0 saturated heterocycles. The van der Waals surface area contributed by atoms with Gasteiger partial charge in [-0.2, -0.15) is 0 Å². The molecule has 0 aliphatic heterocycles. The van der Waals surface area contributed by atoms with Gasteiger partial charge in [0.15, 0.2) is 0 Å². The Kier molecular flexibility index (Phi) is 5.98. The normalized spacial score (nSPS) is 9.83. The minimum absolute atomic E-state index is 0. The van der Waals surface area contributed by atoms with E-state index < -0.39 is 5.69 Å². The molecule has 0 unspecified atom stereocenters. The largest absolute Gasteiger partial charge is 0.338 e. The fourth-order valence-corrected chi connectivity index (χ4v) is 0. The summed E-state index contributed by atoms with van der Waals surface area (Å²) >= 11 is 7.07. The summed E-state index contributed by atoms with van der Waals surface area (Å²) in [6.07, 6.45) is 0. The van der Waals surface area contributed by atoms with E-state index in [1.165, 1.54) is 0 Å². The first-order valence-corrected chi connectivity index (χ1v) is 4.64. The van der Waals surface area contributed by atoms with Crippen molar-refractivity contribution < 1.29 is 26.9 Å². The topological polar surface area (TPSA) is 40.5 Å². The van der Waals surface area contributed by atoms with Crippen LogP contribution in [0.15, 0.2) is 0 Å². The second kappa shape index (κ2) is 3.44. The molecule has 43 valence electrons. The summed E-state index contributed by atoms with van der Waals surface area (Å²) in [6.45, 7) is 0. The molecule has 0 aliphatic carbocycles. The van der Waals surface area contributed by atoms with Gasteiger partial charge in [0.2, 0.25) is 5.69 Å². The summed E-state index contributed by atoms with van der Waals surface area (Å²) in [6, 6.07) is 0. The molecule has 0 aromatic carbocycles. The molecule has 0 bridgehead atoms. The van der Waals surface area contributed by atoms with Gasteiger partial charge in [-0.3, -0.25) is 0 Å². The van der Waals surface area contributed by atoms with Crippen LogP contribution in [0.1, 0.15) is 0 Å². The van der Waals surface area contributed by atoms with Crippen molar-refractivity contribution in [3.05, 3.63) is 0 Å². The second-order valence-corrected chi connectivity index (χ2v) is 5.55. The maximum atomic E-state index is 7.87. The molecule has 0 spiro atoms. The van der Waals surface area contributed by atoms with Crippen LogP contribution in [0.4, 0.5) is 0 Å². The van der Waals surface area contributed by atoms with Gasteiger partial charge in [-0.1, -0.05) is 12.2 Å². The van der Waals surface area contributed by atoms with Crippen LogP contribution in [0.25, 0.3) is 0 Å². The van der Waals surface area contributed by atoms with E-state index in [2.05, 4.69) is 24.1 Å². The molecule has 6 heavy (non-hydrogen) atoms. The monoisotopic (exact) mass is 193 g/mol. The van der Waals surface area contributed by atoms with Crippen molar-refractivity contribution in [3.63, 3.8) is 0 Å². The molecule has 0 amide bonds. The van der Waals surface area contributed by atoms with Gasteiger partial charge in [0.05, 0.1) is 0 Å². The average Bonchev–Trinajstić information content (AvgIpc) is 0.722. The van der Waals surface area contributed by atoms with E-state index in [9.17, 15) is 0 Å². The fourth-order valence-electron chi connectivity index (χ4n) is 0. The van der Waals surface area contributed by atoms with Crippen LogP contribution in [0.2, 0.25) is 0 Å². The van der Waals surface area contributed by atoms with E-state index in [1.54, 1.807) is 0 Å². The van der Waals surface area contributed by atoms with Crippen LogP contribution in [0.5, 0.6) is 0 Å². The molecule has 0 saturated carbocycles. The number of hydrogen-bond acceptors (Lipinski definition) is 1. The summed E-state index contributed by atoms with van der Waals surface area (Å²) in [4.78, 5) is 15.7. The molecular formula is H3CuO2PS2. The first-order chi connectivity index (χ1) is 2.00. The van der Waals surface area contributed by atoms with Crippen LogP contribution in [-0.4, -0.2) is 9.79 Å². The maximum Gasteiger partial charge on any atom is 0.239 e. The van der Waals surface area contributed by atoms with Crippen molar-refractivity contribution >= 4 is 29.7 Å². The summed E-state index contributed by atoms with van der Waals surface area (Å²) in [5, 5.41) is 0. The zero-order valence-corrected chi connectivity index (χ0v) is 6.05. The van der Waals surface area contributed by atoms with Crippen LogP contribution >= 0.6 is 17.9 Å². The zero-order chi connectivity index (χ0) is 4.50. The first kappa shape index (κ1) is 10.4. The van der Waals surface area contributed by atoms with Crippen molar-refractivity contribution in [2.24, 2.45) is 0 Å². The van der Waals surface area contributed by atoms with Crippen molar-refractivity contribution in [1.29, 1.82) is 0 Å². The summed E-state index contributed by atoms with van der Waals surface area (Å²) in [5.74, 6) is 0. The standard InChI is InChI=1S/Cu.H3O2PS2/c;1-3(2,4)5/h;(H3,1,2,4,5). The molecule has 0 atom stereocenters. The Hall–Kier alpha value is 1.44. The molecule has 2 nitrogen and oxygen atoms in total. The average molecular weight is 194 g/mol. The Balaban J connectivity index is 0.